The van der Waals surface area contributed by atoms with Crippen LogP contribution in [-0.4, -0.2) is 33.3 Å². The van der Waals surface area contributed by atoms with Gasteiger partial charge in [-0.1, -0.05) is 18.2 Å². The van der Waals surface area contributed by atoms with Crippen LogP contribution in [0.3, 0.4) is 0 Å². The third kappa shape index (κ3) is 4.78. The Morgan fingerprint density at radius 2 is 2.04 bits per heavy atom. The van der Waals surface area contributed by atoms with Crippen LogP contribution in [0.5, 0.6) is 0 Å². The molecule has 1 amide bonds. The van der Waals surface area contributed by atoms with Crippen molar-refractivity contribution in [2.75, 3.05) is 7.11 Å². The monoisotopic (exact) mass is 366 g/mol. The minimum atomic E-state index is -0.623. The Morgan fingerprint density at radius 3 is 2.74 bits per heavy atom. The number of pyridine rings is 1. The second-order valence-electron chi connectivity index (χ2n) is 6.20. The quantitative estimate of drug-likeness (QED) is 0.597. The van der Waals surface area contributed by atoms with Crippen LogP contribution in [-0.2, 0) is 17.9 Å². The van der Waals surface area contributed by atoms with E-state index in [0.29, 0.717) is 24.4 Å². The Hall–Kier alpha value is -3.03. The maximum Gasteiger partial charge on any atom is 0.251 e. The van der Waals surface area contributed by atoms with Crippen molar-refractivity contribution >= 4 is 5.91 Å². The van der Waals surface area contributed by atoms with E-state index in [1.54, 1.807) is 32.2 Å². The van der Waals surface area contributed by atoms with Crippen LogP contribution in [0.1, 0.15) is 40.5 Å². The van der Waals surface area contributed by atoms with Crippen LogP contribution in [0.4, 0.5) is 0 Å². The SMILES string of the molecule is COCc1cc(CNC(=O)c2ccc(-c3cccc([C@@H](C)O)n3)cc2)[nH]n1. The number of carbonyl (C=O) groups excluding carboxylic acids is 1. The summed E-state index contributed by atoms with van der Waals surface area (Å²) < 4.78 is 5.02. The molecule has 27 heavy (non-hydrogen) atoms. The minimum Gasteiger partial charge on any atom is -0.387 e. The minimum absolute atomic E-state index is 0.171. The first-order chi connectivity index (χ1) is 13.1. The molecule has 0 saturated carbocycles. The van der Waals surface area contributed by atoms with Gasteiger partial charge in [-0.05, 0) is 37.3 Å². The number of aromatic nitrogens is 3. The third-order valence-electron chi connectivity index (χ3n) is 4.06. The molecular formula is C20H22N4O3. The second kappa shape index (κ2) is 8.57. The fourth-order valence-electron chi connectivity index (χ4n) is 2.64. The summed E-state index contributed by atoms with van der Waals surface area (Å²) in [5.74, 6) is -0.171. The lowest BCUT2D eigenvalue weighted by atomic mass is 10.1. The van der Waals surface area contributed by atoms with Gasteiger partial charge in [0, 0.05) is 18.2 Å². The van der Waals surface area contributed by atoms with Gasteiger partial charge in [0.05, 0.1) is 42.0 Å². The predicted octanol–water partition coefficient (Wildman–Crippen LogP) is 2.60. The molecule has 0 unspecified atom stereocenters. The molecule has 3 aromatic rings. The number of hydrogen-bond donors (Lipinski definition) is 3. The summed E-state index contributed by atoms with van der Waals surface area (Å²) in [6.07, 6.45) is -0.623. The molecule has 7 heteroatoms. The van der Waals surface area contributed by atoms with Gasteiger partial charge in [0.2, 0.25) is 0 Å². The zero-order valence-electron chi connectivity index (χ0n) is 15.3. The van der Waals surface area contributed by atoms with Gasteiger partial charge in [0.1, 0.15) is 0 Å². The summed E-state index contributed by atoms with van der Waals surface area (Å²) in [6, 6.07) is 14.6. The molecular weight excluding hydrogens is 344 g/mol. The Morgan fingerprint density at radius 1 is 1.26 bits per heavy atom. The van der Waals surface area contributed by atoms with E-state index in [1.165, 1.54) is 0 Å². The number of rotatable bonds is 7. The number of ether oxygens (including phenoxy) is 1. The number of H-pyrrole nitrogens is 1. The highest BCUT2D eigenvalue weighted by molar-refractivity contribution is 5.94. The van der Waals surface area contributed by atoms with Crippen LogP contribution in [0, 0.1) is 0 Å². The van der Waals surface area contributed by atoms with Crippen molar-refractivity contribution in [3.05, 3.63) is 71.2 Å². The highest BCUT2D eigenvalue weighted by atomic mass is 16.5. The molecule has 0 saturated heterocycles. The summed E-state index contributed by atoms with van der Waals surface area (Å²) in [5, 5.41) is 19.5. The summed E-state index contributed by atoms with van der Waals surface area (Å²) >= 11 is 0. The Bertz CT molecular complexity index is 904. The zero-order chi connectivity index (χ0) is 19.2. The molecule has 2 heterocycles. The molecule has 0 bridgehead atoms. The van der Waals surface area contributed by atoms with Crippen LogP contribution in [0.25, 0.3) is 11.3 Å². The first kappa shape index (κ1) is 18.8. The summed E-state index contributed by atoms with van der Waals surface area (Å²) in [7, 11) is 1.61. The van der Waals surface area contributed by atoms with Gasteiger partial charge in [-0.25, -0.2) is 0 Å². The summed E-state index contributed by atoms with van der Waals surface area (Å²) in [6.45, 7) is 2.46. The molecule has 1 atom stereocenters. The molecule has 3 N–H and O–H groups in total. The maximum atomic E-state index is 12.3. The van der Waals surface area contributed by atoms with E-state index < -0.39 is 6.10 Å². The van der Waals surface area contributed by atoms with Crippen LogP contribution in [0.15, 0.2) is 48.5 Å². The highest BCUT2D eigenvalue weighted by Crippen LogP contribution is 2.20. The lowest BCUT2D eigenvalue weighted by Crippen LogP contribution is -2.22. The smallest absolute Gasteiger partial charge is 0.251 e. The average molecular weight is 366 g/mol. The number of nitrogens with zero attached hydrogens (tertiary/aromatic N) is 2. The van der Waals surface area contributed by atoms with Crippen molar-refractivity contribution in [2.45, 2.75) is 26.2 Å². The summed E-state index contributed by atoms with van der Waals surface area (Å²) in [5.41, 5.74) is 4.41. The first-order valence-corrected chi connectivity index (χ1v) is 8.62. The van der Waals surface area contributed by atoms with E-state index >= 15 is 0 Å². The van der Waals surface area contributed by atoms with Crippen LogP contribution >= 0.6 is 0 Å². The largest absolute Gasteiger partial charge is 0.387 e. The Labute approximate surface area is 157 Å². The lowest BCUT2D eigenvalue weighted by molar-refractivity contribution is 0.0950. The van der Waals surface area contributed by atoms with E-state index in [1.807, 2.05) is 30.3 Å². The molecule has 0 aliphatic carbocycles. The van der Waals surface area contributed by atoms with Crippen LogP contribution < -0.4 is 5.32 Å². The van der Waals surface area contributed by atoms with Gasteiger partial charge < -0.3 is 15.2 Å². The number of methoxy groups -OCH3 is 1. The number of carbonyl (C=O) groups is 1. The van der Waals surface area contributed by atoms with E-state index in [4.69, 9.17) is 4.74 Å². The summed E-state index contributed by atoms with van der Waals surface area (Å²) in [4.78, 5) is 16.8. The first-order valence-electron chi connectivity index (χ1n) is 8.62. The highest BCUT2D eigenvalue weighted by Gasteiger charge is 2.09. The van der Waals surface area contributed by atoms with Crippen molar-refractivity contribution in [3.8, 4) is 11.3 Å². The molecule has 0 fully saturated rings. The fourth-order valence-corrected chi connectivity index (χ4v) is 2.64. The van der Waals surface area contributed by atoms with Gasteiger partial charge in [0.15, 0.2) is 0 Å². The van der Waals surface area contributed by atoms with E-state index in [0.717, 1.165) is 22.6 Å². The van der Waals surface area contributed by atoms with E-state index in [2.05, 4.69) is 20.5 Å². The van der Waals surface area contributed by atoms with Crippen molar-refractivity contribution in [1.29, 1.82) is 0 Å². The lowest BCUT2D eigenvalue weighted by Gasteiger charge is -2.08. The normalized spacial score (nSPS) is 12.0. The number of nitrogens with one attached hydrogen (secondary N) is 2. The van der Waals surface area contributed by atoms with Gasteiger partial charge in [-0.15, -0.1) is 0 Å². The molecule has 2 aromatic heterocycles. The molecule has 0 spiro atoms. The molecule has 1 aromatic carbocycles. The van der Waals surface area contributed by atoms with Crippen molar-refractivity contribution < 1.29 is 14.6 Å². The second-order valence-corrected chi connectivity index (χ2v) is 6.20. The number of aliphatic hydroxyl groups excluding tert-OH is 1. The van der Waals surface area contributed by atoms with Crippen molar-refractivity contribution in [2.24, 2.45) is 0 Å². The van der Waals surface area contributed by atoms with Gasteiger partial charge in [-0.2, -0.15) is 5.10 Å². The molecule has 140 valence electrons. The molecule has 0 radical (unpaired) electrons. The average Bonchev–Trinajstić information content (AvgIpc) is 3.14. The van der Waals surface area contributed by atoms with Gasteiger partial charge in [-0.3, -0.25) is 14.9 Å². The van der Waals surface area contributed by atoms with E-state index in [-0.39, 0.29) is 5.91 Å². The molecule has 3 rings (SSSR count). The fraction of sp³-hybridized carbons (Fsp3) is 0.250. The van der Waals surface area contributed by atoms with E-state index in [9.17, 15) is 9.90 Å². The topological polar surface area (TPSA) is 100 Å². The molecule has 7 nitrogen and oxygen atoms in total. The third-order valence-corrected chi connectivity index (χ3v) is 4.06. The number of benzene rings is 1. The zero-order valence-corrected chi connectivity index (χ0v) is 15.3. The Balaban J connectivity index is 1.64. The number of amides is 1. The number of aliphatic hydroxyl groups is 1. The van der Waals surface area contributed by atoms with Crippen molar-refractivity contribution in [3.63, 3.8) is 0 Å². The maximum absolute atomic E-state index is 12.3. The van der Waals surface area contributed by atoms with Crippen LogP contribution in [0.2, 0.25) is 0 Å². The molecule has 0 aliphatic heterocycles. The number of hydrogen-bond acceptors (Lipinski definition) is 5. The number of aromatic amines is 1. The van der Waals surface area contributed by atoms with Gasteiger partial charge >= 0.3 is 0 Å². The Kier molecular flexibility index (Phi) is 5.95. The standard InChI is InChI=1S/C20H22N4O3/c1-13(25)18-4-3-5-19(22-18)14-6-8-15(9-7-14)20(26)21-11-16-10-17(12-27-2)24-23-16/h3-10,13,25H,11-12H2,1-2H3,(H,21,26)(H,23,24)/t13-/m1/s1. The molecule has 0 aliphatic rings. The van der Waals surface area contributed by atoms with Gasteiger partial charge in [0.25, 0.3) is 5.91 Å². The predicted molar refractivity (Wildman–Crippen MR) is 101 cm³/mol. The van der Waals surface area contributed by atoms with Crippen molar-refractivity contribution in [1.82, 2.24) is 20.5 Å².